The number of carbonyl (C=O) groups excluding carboxylic acids is 1. The minimum atomic E-state index is -2.13. The Morgan fingerprint density at radius 3 is 2.42 bits per heavy atom. The second kappa shape index (κ2) is 6.28. The number of benzene rings is 1. The van der Waals surface area contributed by atoms with Crippen molar-refractivity contribution in [2.24, 2.45) is 0 Å². The summed E-state index contributed by atoms with van der Waals surface area (Å²) in [6, 6.07) is 0. The molecule has 5 heteroatoms. The number of allylic oxidation sites excluding steroid dienone is 1. The van der Waals surface area contributed by atoms with Crippen molar-refractivity contribution in [3.05, 3.63) is 34.9 Å². The number of hydrogen-bond donors (Lipinski definition) is 0. The van der Waals surface area contributed by atoms with Gasteiger partial charge in [0.15, 0.2) is 0 Å². The number of ether oxygens (including phenoxy) is 2. The van der Waals surface area contributed by atoms with Crippen molar-refractivity contribution in [3.63, 3.8) is 0 Å². The lowest BCUT2D eigenvalue weighted by atomic mass is 9.95. The molecular formula is C19H28O4Si. The van der Waals surface area contributed by atoms with E-state index in [1.54, 1.807) is 7.11 Å². The van der Waals surface area contributed by atoms with E-state index in [2.05, 4.69) is 40.4 Å². The van der Waals surface area contributed by atoms with Gasteiger partial charge in [-0.1, -0.05) is 26.8 Å². The van der Waals surface area contributed by atoms with Gasteiger partial charge in [0, 0.05) is 11.1 Å². The summed E-state index contributed by atoms with van der Waals surface area (Å²) in [4.78, 5) is 12.4. The molecule has 0 saturated heterocycles. The molecule has 1 aliphatic heterocycles. The van der Waals surface area contributed by atoms with E-state index in [0.717, 1.165) is 22.4 Å². The average Bonchev–Trinajstić information content (AvgIpc) is 2.85. The van der Waals surface area contributed by atoms with Gasteiger partial charge >= 0.3 is 5.97 Å². The Balaban J connectivity index is 2.75. The minimum absolute atomic E-state index is 0.0198. The zero-order chi connectivity index (χ0) is 18.3. The lowest BCUT2D eigenvalue weighted by Gasteiger charge is -2.37. The molecule has 0 amide bonds. The summed E-state index contributed by atoms with van der Waals surface area (Å²) in [5.74, 6) is 1.08. The lowest BCUT2D eigenvalue weighted by molar-refractivity contribution is 0.0533. The predicted octanol–water partition coefficient (Wildman–Crippen LogP) is 4.79. The number of methoxy groups -OCH3 is 1. The van der Waals surface area contributed by atoms with Crippen molar-refractivity contribution in [2.75, 3.05) is 7.11 Å². The second-order valence-electron chi connectivity index (χ2n) is 7.75. The Morgan fingerprint density at radius 2 is 1.92 bits per heavy atom. The van der Waals surface area contributed by atoms with Crippen molar-refractivity contribution < 1.29 is 18.7 Å². The molecule has 132 valence electrons. The van der Waals surface area contributed by atoms with Crippen LogP contribution in [-0.4, -0.2) is 21.4 Å². The van der Waals surface area contributed by atoms with Crippen LogP contribution in [0.3, 0.4) is 0 Å². The Kier molecular flexibility index (Phi) is 4.86. The van der Waals surface area contributed by atoms with Crippen LogP contribution in [0.5, 0.6) is 11.5 Å². The van der Waals surface area contributed by atoms with Crippen molar-refractivity contribution >= 4 is 14.3 Å². The molecular weight excluding hydrogens is 320 g/mol. The molecule has 0 spiro atoms. The molecule has 0 atom stereocenters. The molecule has 4 nitrogen and oxygen atoms in total. The van der Waals surface area contributed by atoms with E-state index in [-0.39, 0.29) is 17.6 Å². The van der Waals surface area contributed by atoms with E-state index < -0.39 is 8.32 Å². The first-order valence-electron chi connectivity index (χ1n) is 8.24. The van der Waals surface area contributed by atoms with Crippen molar-refractivity contribution in [3.8, 4) is 11.5 Å². The summed E-state index contributed by atoms with van der Waals surface area (Å²) in [6.45, 7) is 17.0. The van der Waals surface area contributed by atoms with Crippen LogP contribution in [0.15, 0.2) is 12.7 Å². The van der Waals surface area contributed by atoms with Crippen LogP contribution in [0, 0.1) is 6.92 Å². The van der Waals surface area contributed by atoms with E-state index in [1.807, 2.05) is 13.0 Å². The van der Waals surface area contributed by atoms with E-state index >= 15 is 0 Å². The van der Waals surface area contributed by atoms with Crippen LogP contribution in [0.4, 0.5) is 0 Å². The van der Waals surface area contributed by atoms with Crippen LogP contribution in [0.1, 0.15) is 47.8 Å². The number of fused-ring (bicyclic) bond motifs is 1. The van der Waals surface area contributed by atoms with Crippen molar-refractivity contribution in [1.29, 1.82) is 0 Å². The maximum atomic E-state index is 12.4. The highest BCUT2D eigenvalue weighted by Gasteiger charge is 2.42. The summed E-state index contributed by atoms with van der Waals surface area (Å²) in [6.07, 6.45) is 2.39. The van der Waals surface area contributed by atoms with Gasteiger partial charge in [0.25, 0.3) is 8.32 Å². The van der Waals surface area contributed by atoms with Gasteiger partial charge < -0.3 is 13.9 Å². The first kappa shape index (κ1) is 18.6. The van der Waals surface area contributed by atoms with Gasteiger partial charge in [-0.15, -0.1) is 6.58 Å². The monoisotopic (exact) mass is 348 g/mol. The van der Waals surface area contributed by atoms with Crippen molar-refractivity contribution in [1.82, 2.24) is 0 Å². The third-order valence-electron chi connectivity index (χ3n) is 5.14. The third-order valence-corrected chi connectivity index (χ3v) is 9.46. The maximum Gasteiger partial charge on any atom is 0.342 e. The number of cyclic esters (lactones) is 1. The number of hydrogen-bond acceptors (Lipinski definition) is 4. The summed E-state index contributed by atoms with van der Waals surface area (Å²) < 4.78 is 17.5. The van der Waals surface area contributed by atoms with Gasteiger partial charge in [-0.25, -0.2) is 4.79 Å². The molecule has 0 N–H and O–H groups in total. The molecule has 24 heavy (non-hydrogen) atoms. The fourth-order valence-corrected chi connectivity index (χ4v) is 3.72. The van der Waals surface area contributed by atoms with Crippen LogP contribution < -0.4 is 9.16 Å². The van der Waals surface area contributed by atoms with Crippen LogP contribution in [0.2, 0.25) is 18.1 Å². The van der Waals surface area contributed by atoms with Crippen molar-refractivity contribution in [2.45, 2.75) is 58.9 Å². The van der Waals surface area contributed by atoms with Crippen LogP contribution >= 0.6 is 0 Å². The highest BCUT2D eigenvalue weighted by molar-refractivity contribution is 6.74. The van der Waals surface area contributed by atoms with Gasteiger partial charge in [-0.2, -0.15) is 0 Å². The molecule has 0 fully saturated rings. The fourth-order valence-electron chi connectivity index (χ4n) is 2.68. The highest BCUT2D eigenvalue weighted by atomic mass is 28.4. The molecule has 1 aromatic rings. The number of esters is 1. The molecule has 0 aromatic heterocycles. The summed E-state index contributed by atoms with van der Waals surface area (Å²) in [5.41, 5.74) is 3.26. The van der Waals surface area contributed by atoms with Crippen LogP contribution in [-0.2, 0) is 17.8 Å². The van der Waals surface area contributed by atoms with Gasteiger partial charge in [-0.05, 0) is 37.0 Å². The highest BCUT2D eigenvalue weighted by Crippen LogP contribution is 2.46. The molecule has 0 unspecified atom stereocenters. The molecule has 1 aliphatic rings. The standard InChI is InChI=1S/C19H28O4Si/c1-9-10-13-16(21-6)12(2)14-11-22-18(20)15(14)17(13)23-24(7,8)19(3,4)5/h9H,1,10-11H2,2-8H3. The van der Waals surface area contributed by atoms with E-state index in [1.165, 1.54) is 0 Å². The zero-order valence-corrected chi connectivity index (χ0v) is 16.8. The topological polar surface area (TPSA) is 44.8 Å². The van der Waals surface area contributed by atoms with Gasteiger partial charge in [0.2, 0.25) is 0 Å². The minimum Gasteiger partial charge on any atom is -0.543 e. The quantitative estimate of drug-likeness (QED) is 0.436. The first-order chi connectivity index (χ1) is 11.0. The zero-order valence-electron chi connectivity index (χ0n) is 15.8. The molecule has 1 aromatic carbocycles. The number of rotatable bonds is 5. The predicted molar refractivity (Wildman–Crippen MR) is 98.6 cm³/mol. The fraction of sp³-hybridized carbons (Fsp3) is 0.526. The van der Waals surface area contributed by atoms with Gasteiger partial charge in [-0.3, -0.25) is 0 Å². The number of carbonyl (C=O) groups is 1. The second-order valence-corrected chi connectivity index (χ2v) is 12.5. The lowest BCUT2D eigenvalue weighted by Crippen LogP contribution is -2.44. The van der Waals surface area contributed by atoms with Gasteiger partial charge in [0.05, 0.1) is 7.11 Å². The molecule has 0 aliphatic carbocycles. The summed E-state index contributed by atoms with van der Waals surface area (Å²) in [7, 11) is -0.481. The molecule has 0 radical (unpaired) electrons. The van der Waals surface area contributed by atoms with E-state index in [9.17, 15) is 4.79 Å². The largest absolute Gasteiger partial charge is 0.543 e. The average molecular weight is 349 g/mol. The summed E-state index contributed by atoms with van der Waals surface area (Å²) >= 11 is 0. The Bertz CT molecular complexity index is 684. The maximum absolute atomic E-state index is 12.4. The third kappa shape index (κ3) is 2.97. The summed E-state index contributed by atoms with van der Waals surface area (Å²) in [5, 5.41) is 0.0198. The van der Waals surface area contributed by atoms with E-state index in [0.29, 0.717) is 17.7 Å². The molecule has 0 saturated carbocycles. The Labute approximate surface area is 145 Å². The SMILES string of the molecule is C=CCc1c(OC)c(C)c2c(c1O[Si](C)(C)C(C)(C)C)C(=O)OC2. The Hall–Kier alpha value is -1.75. The molecule has 1 heterocycles. The van der Waals surface area contributed by atoms with Crippen LogP contribution in [0.25, 0.3) is 0 Å². The molecule has 2 rings (SSSR count). The Morgan fingerprint density at radius 1 is 1.29 bits per heavy atom. The normalized spacial score (nSPS) is 14.2. The van der Waals surface area contributed by atoms with Gasteiger partial charge in [0.1, 0.15) is 23.7 Å². The smallest absolute Gasteiger partial charge is 0.342 e. The molecule has 0 bridgehead atoms. The van der Waals surface area contributed by atoms with E-state index in [4.69, 9.17) is 13.9 Å². The first-order valence-corrected chi connectivity index (χ1v) is 11.1.